The fraction of sp³-hybridized carbons (Fsp3) is 0.227. The summed E-state index contributed by atoms with van der Waals surface area (Å²) in [5, 5.41) is 6.49. The third-order valence-electron chi connectivity index (χ3n) is 4.27. The van der Waals surface area contributed by atoms with Crippen molar-refractivity contribution in [1.82, 2.24) is 5.32 Å². The number of fused-ring (bicyclic) bond motifs is 1. The Balaban J connectivity index is 1.72. The van der Waals surface area contributed by atoms with E-state index in [1.165, 1.54) is 18.9 Å². The largest absolute Gasteiger partial charge is 0.469 e. The number of ether oxygens (including phenoxy) is 1. The number of aliphatic imine (C=N–C) groups is 1. The summed E-state index contributed by atoms with van der Waals surface area (Å²) >= 11 is 1.35. The SMILES string of the molecule is COC(=O)CC1=CC(S[C@H](C)C(=O)NCc2ccccc2)=Nc2ccccc2N1. The highest BCUT2D eigenvalue weighted by Gasteiger charge is 2.19. The van der Waals surface area contributed by atoms with Crippen molar-refractivity contribution in [3.63, 3.8) is 0 Å². The molecule has 1 atom stereocenters. The summed E-state index contributed by atoms with van der Waals surface area (Å²) in [6.45, 7) is 2.32. The molecule has 0 saturated heterocycles. The standard InChI is InChI=1S/C22H23N3O3S/c1-15(22(27)23-14-16-8-4-3-5-9-16)29-20-12-17(13-21(26)28-2)24-18-10-6-7-11-19(18)25-20/h3-12,15,24H,13-14H2,1-2H3,(H,23,27)/t15-/m1/s1. The molecule has 150 valence electrons. The molecule has 0 unspecified atom stereocenters. The molecule has 29 heavy (non-hydrogen) atoms. The number of thioether (sulfide) groups is 1. The first-order valence-electron chi connectivity index (χ1n) is 9.25. The lowest BCUT2D eigenvalue weighted by Crippen LogP contribution is -2.31. The van der Waals surface area contributed by atoms with E-state index in [-0.39, 0.29) is 23.5 Å². The van der Waals surface area contributed by atoms with Gasteiger partial charge in [-0.25, -0.2) is 4.99 Å². The second-order valence-electron chi connectivity index (χ2n) is 6.48. The summed E-state index contributed by atoms with van der Waals surface area (Å²) in [5.74, 6) is -0.420. The Morgan fingerprint density at radius 2 is 1.86 bits per heavy atom. The molecule has 1 amide bonds. The average Bonchev–Trinajstić information content (AvgIpc) is 2.90. The van der Waals surface area contributed by atoms with Crippen molar-refractivity contribution < 1.29 is 14.3 Å². The van der Waals surface area contributed by atoms with Gasteiger partial charge in [-0.3, -0.25) is 9.59 Å². The number of esters is 1. The lowest BCUT2D eigenvalue weighted by Gasteiger charge is -2.12. The van der Waals surface area contributed by atoms with Crippen molar-refractivity contribution in [3.8, 4) is 0 Å². The van der Waals surface area contributed by atoms with Gasteiger partial charge in [-0.05, 0) is 30.7 Å². The number of nitrogens with zero attached hydrogens (tertiary/aromatic N) is 1. The molecular weight excluding hydrogens is 386 g/mol. The normalized spacial score (nSPS) is 13.7. The van der Waals surface area contributed by atoms with Crippen molar-refractivity contribution in [2.24, 2.45) is 4.99 Å². The van der Waals surface area contributed by atoms with Crippen LogP contribution in [0.2, 0.25) is 0 Å². The van der Waals surface area contributed by atoms with E-state index in [2.05, 4.69) is 15.6 Å². The highest BCUT2D eigenvalue weighted by molar-refractivity contribution is 8.15. The van der Waals surface area contributed by atoms with Crippen LogP contribution in [-0.4, -0.2) is 29.3 Å². The Labute approximate surface area is 174 Å². The number of anilines is 1. The van der Waals surface area contributed by atoms with E-state index < -0.39 is 0 Å². The van der Waals surface area contributed by atoms with Crippen molar-refractivity contribution in [2.75, 3.05) is 12.4 Å². The van der Waals surface area contributed by atoms with E-state index in [1.807, 2.05) is 61.5 Å². The van der Waals surface area contributed by atoms with Crippen LogP contribution in [0, 0.1) is 0 Å². The van der Waals surface area contributed by atoms with Gasteiger partial charge in [0.1, 0.15) is 0 Å². The highest BCUT2D eigenvalue weighted by atomic mass is 32.2. The van der Waals surface area contributed by atoms with Gasteiger partial charge >= 0.3 is 5.97 Å². The molecule has 2 N–H and O–H groups in total. The van der Waals surface area contributed by atoms with Gasteiger partial charge in [0.2, 0.25) is 5.91 Å². The topological polar surface area (TPSA) is 79.8 Å². The molecule has 0 aromatic heterocycles. The minimum absolute atomic E-state index is 0.0741. The molecule has 1 heterocycles. The Morgan fingerprint density at radius 1 is 1.14 bits per heavy atom. The number of methoxy groups -OCH3 is 1. The Hall–Kier alpha value is -3.06. The van der Waals surface area contributed by atoms with Crippen LogP contribution in [-0.2, 0) is 20.9 Å². The van der Waals surface area contributed by atoms with Gasteiger partial charge in [-0.1, -0.05) is 54.2 Å². The molecule has 6 nitrogen and oxygen atoms in total. The molecule has 0 saturated carbocycles. The van der Waals surface area contributed by atoms with Crippen molar-refractivity contribution in [2.45, 2.75) is 25.1 Å². The molecule has 2 aromatic rings. The molecule has 1 aliphatic heterocycles. The fourth-order valence-electron chi connectivity index (χ4n) is 2.73. The maximum absolute atomic E-state index is 12.5. The number of nitrogens with one attached hydrogen (secondary N) is 2. The van der Waals surface area contributed by atoms with E-state index >= 15 is 0 Å². The zero-order valence-electron chi connectivity index (χ0n) is 16.3. The van der Waals surface area contributed by atoms with Gasteiger partial charge in [0.15, 0.2) is 0 Å². The first kappa shape index (κ1) is 20.7. The van der Waals surface area contributed by atoms with E-state index in [0.29, 0.717) is 17.3 Å². The van der Waals surface area contributed by atoms with E-state index in [9.17, 15) is 9.59 Å². The van der Waals surface area contributed by atoms with Gasteiger partial charge in [-0.2, -0.15) is 0 Å². The first-order valence-corrected chi connectivity index (χ1v) is 10.1. The van der Waals surface area contributed by atoms with Crippen LogP contribution in [0.1, 0.15) is 18.9 Å². The van der Waals surface area contributed by atoms with Gasteiger partial charge in [-0.15, -0.1) is 0 Å². The summed E-state index contributed by atoms with van der Waals surface area (Å²) in [6, 6.07) is 17.3. The number of amides is 1. The number of rotatable bonds is 6. The van der Waals surface area contributed by atoms with Crippen LogP contribution in [0.25, 0.3) is 0 Å². The Bertz CT molecular complexity index is 941. The van der Waals surface area contributed by atoms with Gasteiger partial charge in [0.25, 0.3) is 0 Å². The Morgan fingerprint density at radius 3 is 2.62 bits per heavy atom. The van der Waals surface area contributed by atoms with Crippen molar-refractivity contribution in [3.05, 3.63) is 71.9 Å². The van der Waals surface area contributed by atoms with Crippen LogP contribution in [0.15, 0.2) is 71.4 Å². The molecule has 7 heteroatoms. The first-order chi connectivity index (χ1) is 14.0. The van der Waals surface area contributed by atoms with Crippen LogP contribution in [0.4, 0.5) is 11.4 Å². The van der Waals surface area contributed by atoms with Crippen LogP contribution in [0.3, 0.4) is 0 Å². The fourth-order valence-corrected chi connectivity index (χ4v) is 3.65. The van der Waals surface area contributed by atoms with Crippen LogP contribution in [0.5, 0.6) is 0 Å². The number of carbonyl (C=O) groups excluding carboxylic acids is 2. The van der Waals surface area contributed by atoms with E-state index in [0.717, 1.165) is 16.9 Å². The molecule has 0 spiro atoms. The summed E-state index contributed by atoms with van der Waals surface area (Å²) < 4.78 is 4.78. The van der Waals surface area contributed by atoms with E-state index in [1.54, 1.807) is 6.08 Å². The lowest BCUT2D eigenvalue weighted by atomic mass is 10.2. The highest BCUT2D eigenvalue weighted by Crippen LogP contribution is 2.31. The van der Waals surface area contributed by atoms with Gasteiger partial charge < -0.3 is 15.4 Å². The number of hydrogen-bond acceptors (Lipinski definition) is 6. The monoisotopic (exact) mass is 409 g/mol. The minimum Gasteiger partial charge on any atom is -0.469 e. The molecule has 0 fully saturated rings. The molecule has 1 aliphatic rings. The molecule has 2 aromatic carbocycles. The minimum atomic E-state index is -0.349. The third-order valence-corrected chi connectivity index (χ3v) is 5.28. The third kappa shape index (κ3) is 5.96. The maximum atomic E-state index is 12.5. The Kier molecular flexibility index (Phi) is 7.08. The quantitative estimate of drug-likeness (QED) is 0.704. The zero-order valence-corrected chi connectivity index (χ0v) is 17.2. The summed E-state index contributed by atoms with van der Waals surface area (Å²) in [6.07, 6.45) is 1.89. The predicted octanol–water partition coefficient (Wildman–Crippen LogP) is 4.03. The van der Waals surface area contributed by atoms with Crippen molar-refractivity contribution >= 4 is 40.1 Å². The summed E-state index contributed by atoms with van der Waals surface area (Å²) in [7, 11) is 1.36. The summed E-state index contributed by atoms with van der Waals surface area (Å²) in [4.78, 5) is 28.9. The average molecular weight is 410 g/mol. The van der Waals surface area contributed by atoms with Crippen LogP contribution >= 0.6 is 11.8 Å². The zero-order chi connectivity index (χ0) is 20.6. The smallest absolute Gasteiger partial charge is 0.311 e. The number of benzene rings is 2. The molecule has 3 rings (SSSR count). The van der Waals surface area contributed by atoms with Crippen molar-refractivity contribution in [1.29, 1.82) is 0 Å². The number of para-hydroxylation sites is 2. The molecule has 0 aliphatic carbocycles. The second-order valence-corrected chi connectivity index (χ2v) is 7.84. The predicted molar refractivity (Wildman–Crippen MR) is 117 cm³/mol. The number of hydrogen-bond donors (Lipinski definition) is 2. The van der Waals surface area contributed by atoms with Crippen LogP contribution < -0.4 is 10.6 Å². The maximum Gasteiger partial charge on any atom is 0.311 e. The van der Waals surface area contributed by atoms with E-state index in [4.69, 9.17) is 4.74 Å². The second kappa shape index (κ2) is 9.93. The number of carbonyl (C=O) groups is 2. The molecular formula is C22H23N3O3S. The van der Waals surface area contributed by atoms with Gasteiger partial charge in [0, 0.05) is 12.2 Å². The van der Waals surface area contributed by atoms with Gasteiger partial charge in [0.05, 0.1) is 35.2 Å². The molecule has 0 bridgehead atoms. The molecule has 0 radical (unpaired) electrons. The lowest BCUT2D eigenvalue weighted by molar-refractivity contribution is -0.139. The summed E-state index contributed by atoms with van der Waals surface area (Å²) in [5.41, 5.74) is 3.27.